The first-order chi connectivity index (χ1) is 14.9. The van der Waals surface area contributed by atoms with E-state index < -0.39 is 31.2 Å². The fraction of sp³-hybridized carbons (Fsp3) is 0.158. The van der Waals surface area contributed by atoms with E-state index in [1.807, 2.05) is 0 Å². The van der Waals surface area contributed by atoms with Crippen molar-refractivity contribution in [3.05, 3.63) is 54.1 Å². The highest BCUT2D eigenvalue weighted by Gasteiger charge is 2.16. The summed E-state index contributed by atoms with van der Waals surface area (Å²) in [5.41, 5.74) is 7.80. The normalized spacial score (nSPS) is 12.6. The standard InChI is InChI=1S/C19H19N3O8S2/c20-19-16(8-5-13-10-15(31(24,25)26)11-17(23)18(13)19)22-21-14-6-3-12(4-7-14)2-1-9-30-32(27,28)29/h3-8,10-11,23H,1-2,9,20H2,(H,24,25,26)(H,27,28,29). The molecular weight excluding hydrogens is 462 g/mol. The monoisotopic (exact) mass is 481 g/mol. The van der Waals surface area contributed by atoms with Crippen LogP contribution in [0.2, 0.25) is 0 Å². The molecule has 0 heterocycles. The predicted octanol–water partition coefficient (Wildman–Crippen LogP) is 3.54. The van der Waals surface area contributed by atoms with E-state index in [1.54, 1.807) is 24.3 Å². The van der Waals surface area contributed by atoms with Gasteiger partial charge in [0, 0.05) is 11.5 Å². The van der Waals surface area contributed by atoms with Crippen LogP contribution < -0.4 is 5.73 Å². The Hall–Kier alpha value is -3.10. The fourth-order valence-electron chi connectivity index (χ4n) is 2.95. The number of nitrogens with zero attached hydrogens (tertiary/aromatic N) is 2. The Bertz CT molecular complexity index is 1390. The molecule has 0 aliphatic rings. The second kappa shape index (κ2) is 9.18. The SMILES string of the molecule is Nc1c(N=Nc2ccc(CCCOS(=O)(=O)O)cc2)ccc2cc(S(=O)(=O)O)cc(O)c12. The lowest BCUT2D eigenvalue weighted by Crippen LogP contribution is -2.05. The molecule has 0 unspecified atom stereocenters. The summed E-state index contributed by atoms with van der Waals surface area (Å²) in [6, 6.07) is 12.0. The largest absolute Gasteiger partial charge is 0.507 e. The highest BCUT2D eigenvalue weighted by Crippen LogP contribution is 2.38. The first kappa shape index (κ1) is 23.6. The topological polar surface area (TPSA) is 189 Å². The number of benzene rings is 3. The summed E-state index contributed by atoms with van der Waals surface area (Å²) in [6.45, 7) is -0.139. The van der Waals surface area contributed by atoms with Crippen molar-refractivity contribution in [3.63, 3.8) is 0 Å². The molecule has 0 radical (unpaired) electrons. The van der Waals surface area contributed by atoms with Crippen molar-refractivity contribution in [3.8, 4) is 5.75 Å². The van der Waals surface area contributed by atoms with E-state index >= 15 is 0 Å². The predicted molar refractivity (Wildman–Crippen MR) is 116 cm³/mol. The van der Waals surface area contributed by atoms with Gasteiger partial charge in [-0.2, -0.15) is 21.9 Å². The Kier molecular flexibility index (Phi) is 6.76. The van der Waals surface area contributed by atoms with Crippen LogP contribution in [-0.4, -0.2) is 37.7 Å². The van der Waals surface area contributed by atoms with Crippen molar-refractivity contribution in [1.82, 2.24) is 0 Å². The number of nitrogens with two attached hydrogens (primary N) is 1. The zero-order chi connectivity index (χ0) is 23.5. The molecule has 0 spiro atoms. The molecule has 170 valence electrons. The lowest BCUT2D eigenvalue weighted by Gasteiger charge is -2.08. The number of aryl methyl sites for hydroxylation is 1. The smallest absolute Gasteiger partial charge is 0.397 e. The summed E-state index contributed by atoms with van der Waals surface area (Å²) in [5, 5.41) is 18.8. The van der Waals surface area contributed by atoms with Gasteiger partial charge in [-0.1, -0.05) is 18.2 Å². The zero-order valence-corrected chi connectivity index (χ0v) is 18.0. The molecule has 0 atom stereocenters. The van der Waals surface area contributed by atoms with E-state index in [1.165, 1.54) is 18.2 Å². The Balaban J connectivity index is 1.75. The molecule has 5 N–H and O–H groups in total. The Morgan fingerprint density at radius 2 is 1.62 bits per heavy atom. The molecule has 0 amide bonds. The highest BCUT2D eigenvalue weighted by molar-refractivity contribution is 7.85. The molecule has 0 bridgehead atoms. The summed E-state index contributed by atoms with van der Waals surface area (Å²) in [7, 11) is -8.93. The minimum atomic E-state index is -4.49. The Morgan fingerprint density at radius 1 is 0.938 bits per heavy atom. The average molecular weight is 482 g/mol. The molecule has 3 aromatic rings. The van der Waals surface area contributed by atoms with Crippen LogP contribution in [0.3, 0.4) is 0 Å². The Morgan fingerprint density at radius 3 is 2.25 bits per heavy atom. The number of nitrogen functional groups attached to an aromatic ring is 1. The quantitative estimate of drug-likeness (QED) is 0.161. The van der Waals surface area contributed by atoms with Gasteiger partial charge in [0.1, 0.15) is 11.4 Å². The zero-order valence-electron chi connectivity index (χ0n) is 16.4. The van der Waals surface area contributed by atoms with Gasteiger partial charge in [-0.3, -0.25) is 9.11 Å². The minimum absolute atomic E-state index is 0.0843. The molecule has 11 nitrogen and oxygen atoms in total. The molecule has 3 rings (SSSR count). The molecule has 32 heavy (non-hydrogen) atoms. The number of azo groups is 1. The molecule has 0 saturated carbocycles. The molecule has 0 aliphatic carbocycles. The van der Waals surface area contributed by atoms with Gasteiger partial charge >= 0.3 is 10.4 Å². The molecular formula is C19H19N3O8S2. The van der Waals surface area contributed by atoms with E-state index in [0.717, 1.165) is 11.6 Å². The van der Waals surface area contributed by atoms with Crippen LogP contribution in [-0.2, 0) is 31.1 Å². The second-order valence-corrected chi connectivity index (χ2v) is 9.25. The molecule has 0 aromatic heterocycles. The minimum Gasteiger partial charge on any atom is -0.507 e. The third kappa shape index (κ3) is 5.99. The summed E-state index contributed by atoms with van der Waals surface area (Å²) in [5.74, 6) is -0.424. The van der Waals surface area contributed by atoms with Gasteiger partial charge in [0.15, 0.2) is 0 Å². The van der Waals surface area contributed by atoms with Gasteiger partial charge in [0.25, 0.3) is 10.1 Å². The maximum atomic E-state index is 11.3. The van der Waals surface area contributed by atoms with Gasteiger partial charge in [0.05, 0.1) is 22.9 Å². The van der Waals surface area contributed by atoms with Crippen molar-refractivity contribution in [2.75, 3.05) is 12.3 Å². The molecule has 3 aromatic carbocycles. The third-order valence-corrected chi connectivity index (χ3v) is 5.73. The van der Waals surface area contributed by atoms with Crippen molar-refractivity contribution < 1.29 is 35.2 Å². The summed E-state index contributed by atoms with van der Waals surface area (Å²) < 4.78 is 65.6. The van der Waals surface area contributed by atoms with Gasteiger partial charge in [-0.25, -0.2) is 4.18 Å². The molecule has 0 saturated heterocycles. The van der Waals surface area contributed by atoms with Gasteiger partial charge in [0.2, 0.25) is 0 Å². The van der Waals surface area contributed by atoms with E-state index in [9.17, 15) is 26.5 Å². The maximum Gasteiger partial charge on any atom is 0.397 e. The lowest BCUT2D eigenvalue weighted by atomic mass is 10.1. The number of anilines is 1. The highest BCUT2D eigenvalue weighted by atomic mass is 32.3. The number of hydrogen-bond acceptors (Lipinski definition) is 9. The van der Waals surface area contributed by atoms with Crippen molar-refractivity contribution in [1.29, 1.82) is 0 Å². The first-order valence-electron chi connectivity index (χ1n) is 9.09. The van der Waals surface area contributed by atoms with Crippen LogP contribution in [0.25, 0.3) is 10.8 Å². The van der Waals surface area contributed by atoms with Gasteiger partial charge in [-0.15, -0.1) is 5.11 Å². The van der Waals surface area contributed by atoms with Crippen molar-refractivity contribution in [2.24, 2.45) is 10.2 Å². The number of phenols is 1. The van der Waals surface area contributed by atoms with E-state index in [-0.39, 0.29) is 23.4 Å². The van der Waals surface area contributed by atoms with Crippen LogP contribution in [0.1, 0.15) is 12.0 Å². The van der Waals surface area contributed by atoms with Crippen LogP contribution in [0, 0.1) is 0 Å². The van der Waals surface area contributed by atoms with Gasteiger partial charge in [-0.05, 0) is 48.1 Å². The van der Waals surface area contributed by atoms with Gasteiger partial charge < -0.3 is 10.8 Å². The number of rotatable bonds is 8. The van der Waals surface area contributed by atoms with Crippen LogP contribution in [0.4, 0.5) is 17.1 Å². The number of phenolic OH excluding ortho intramolecular Hbond substituents is 1. The average Bonchev–Trinajstić information content (AvgIpc) is 2.70. The van der Waals surface area contributed by atoms with Crippen molar-refractivity contribution in [2.45, 2.75) is 17.7 Å². The third-order valence-electron chi connectivity index (χ3n) is 4.44. The number of fused-ring (bicyclic) bond motifs is 1. The van der Waals surface area contributed by atoms with E-state index in [4.69, 9.17) is 10.3 Å². The fourth-order valence-corrected chi connectivity index (χ4v) is 3.82. The maximum absolute atomic E-state index is 11.3. The van der Waals surface area contributed by atoms with Crippen LogP contribution in [0.5, 0.6) is 5.75 Å². The molecule has 0 fully saturated rings. The lowest BCUT2D eigenvalue weighted by molar-refractivity contribution is 0.265. The summed E-state index contributed by atoms with van der Waals surface area (Å²) in [4.78, 5) is -0.457. The van der Waals surface area contributed by atoms with Crippen molar-refractivity contribution >= 4 is 48.4 Å². The van der Waals surface area contributed by atoms with Crippen LogP contribution in [0.15, 0.2) is 63.7 Å². The number of aromatic hydroxyl groups is 1. The van der Waals surface area contributed by atoms with E-state index in [0.29, 0.717) is 23.9 Å². The summed E-state index contributed by atoms with van der Waals surface area (Å²) >= 11 is 0. The second-order valence-electron chi connectivity index (χ2n) is 6.73. The van der Waals surface area contributed by atoms with E-state index in [2.05, 4.69) is 14.4 Å². The van der Waals surface area contributed by atoms with Crippen LogP contribution >= 0.6 is 0 Å². The number of hydrogen-bond donors (Lipinski definition) is 4. The summed E-state index contributed by atoms with van der Waals surface area (Å²) in [6.07, 6.45) is 0.909. The first-order valence-corrected chi connectivity index (χ1v) is 11.9. The Labute approximate surface area is 183 Å². The molecule has 0 aliphatic heterocycles. The molecule has 13 heteroatoms.